The van der Waals surface area contributed by atoms with Crippen molar-refractivity contribution in [3.63, 3.8) is 0 Å². The van der Waals surface area contributed by atoms with Crippen molar-refractivity contribution in [1.82, 2.24) is 4.90 Å². The van der Waals surface area contributed by atoms with E-state index in [1.807, 2.05) is 12.1 Å². The summed E-state index contributed by atoms with van der Waals surface area (Å²) in [6.45, 7) is 1.83. The number of nitrogens with one attached hydrogen (secondary N) is 1. The van der Waals surface area contributed by atoms with Crippen molar-refractivity contribution in [3.05, 3.63) is 29.8 Å². The molecule has 0 aromatic heterocycles. The van der Waals surface area contributed by atoms with Gasteiger partial charge >= 0.3 is 5.97 Å². The van der Waals surface area contributed by atoms with Crippen LogP contribution in [-0.2, 0) is 9.53 Å². The molecule has 2 atom stereocenters. The second-order valence-electron chi connectivity index (χ2n) is 6.02. The van der Waals surface area contributed by atoms with Gasteiger partial charge in [0.05, 0.1) is 19.6 Å². The van der Waals surface area contributed by atoms with Gasteiger partial charge in [-0.15, -0.1) is 0 Å². The number of carbonyl (C=O) groups is 1. The van der Waals surface area contributed by atoms with E-state index in [9.17, 15) is 4.79 Å². The van der Waals surface area contributed by atoms with Gasteiger partial charge in [0.15, 0.2) is 0 Å². The van der Waals surface area contributed by atoms with Crippen LogP contribution in [0.3, 0.4) is 0 Å². The summed E-state index contributed by atoms with van der Waals surface area (Å²) in [4.78, 5) is 18.6. The zero-order chi connectivity index (χ0) is 15.5. The molecule has 0 bridgehead atoms. The first-order valence-electron chi connectivity index (χ1n) is 7.89. The lowest BCUT2D eigenvalue weighted by atomic mass is 10.0. The molecule has 0 spiro atoms. The first-order chi connectivity index (χ1) is 10.7. The summed E-state index contributed by atoms with van der Waals surface area (Å²) in [5.74, 6) is 0.894. The average Bonchev–Trinajstić information content (AvgIpc) is 3.16. The van der Waals surface area contributed by atoms with E-state index in [1.165, 1.54) is 7.11 Å². The van der Waals surface area contributed by atoms with E-state index < -0.39 is 0 Å². The van der Waals surface area contributed by atoms with Crippen molar-refractivity contribution in [2.45, 2.75) is 25.3 Å². The SMILES string of the molecule is COC(=O)C1CCCC1Nc1cccc(C2=NCCN2C)c1. The van der Waals surface area contributed by atoms with Crippen LogP contribution in [-0.4, -0.2) is 50.0 Å². The number of ether oxygens (including phenoxy) is 1. The zero-order valence-electron chi connectivity index (χ0n) is 13.2. The molecule has 1 heterocycles. The first-order valence-corrected chi connectivity index (χ1v) is 7.89. The minimum absolute atomic E-state index is 0.0415. The minimum atomic E-state index is -0.106. The van der Waals surface area contributed by atoms with E-state index in [1.54, 1.807) is 0 Å². The lowest BCUT2D eigenvalue weighted by molar-refractivity contribution is -0.145. The van der Waals surface area contributed by atoms with Gasteiger partial charge in [-0.05, 0) is 25.0 Å². The number of methoxy groups -OCH3 is 1. The molecular formula is C17H23N3O2. The Morgan fingerprint density at radius 2 is 2.27 bits per heavy atom. The van der Waals surface area contributed by atoms with Gasteiger partial charge in [-0.3, -0.25) is 9.79 Å². The van der Waals surface area contributed by atoms with Crippen LogP contribution >= 0.6 is 0 Å². The van der Waals surface area contributed by atoms with E-state index >= 15 is 0 Å². The number of hydrogen-bond donors (Lipinski definition) is 1. The molecule has 0 saturated heterocycles. The predicted molar refractivity (Wildman–Crippen MR) is 87.2 cm³/mol. The molecule has 5 heteroatoms. The number of anilines is 1. The molecule has 2 aliphatic rings. The molecule has 1 aromatic rings. The Bertz CT molecular complexity index is 585. The summed E-state index contributed by atoms with van der Waals surface area (Å²) in [5, 5.41) is 3.51. The van der Waals surface area contributed by atoms with Crippen LogP contribution in [0.5, 0.6) is 0 Å². The zero-order valence-corrected chi connectivity index (χ0v) is 13.2. The fourth-order valence-electron chi connectivity index (χ4n) is 3.37. The Balaban J connectivity index is 1.74. The standard InChI is InChI=1S/C17H23N3O2/c1-20-10-9-18-16(20)12-5-3-6-13(11-12)19-15-8-4-7-14(15)17(21)22-2/h3,5-6,11,14-15,19H,4,7-10H2,1-2H3. The summed E-state index contributed by atoms with van der Waals surface area (Å²) in [6.07, 6.45) is 2.97. The van der Waals surface area contributed by atoms with Crippen molar-refractivity contribution in [3.8, 4) is 0 Å². The number of nitrogens with zero attached hydrogens (tertiary/aromatic N) is 2. The van der Waals surface area contributed by atoms with E-state index in [4.69, 9.17) is 4.74 Å². The van der Waals surface area contributed by atoms with Gasteiger partial charge in [-0.1, -0.05) is 18.6 Å². The third-order valence-electron chi connectivity index (χ3n) is 4.55. The maximum absolute atomic E-state index is 11.8. The number of benzene rings is 1. The maximum Gasteiger partial charge on any atom is 0.310 e. The first kappa shape index (κ1) is 14.9. The largest absolute Gasteiger partial charge is 0.469 e. The molecule has 1 fully saturated rings. The summed E-state index contributed by atoms with van der Waals surface area (Å²) in [6, 6.07) is 8.44. The van der Waals surface area contributed by atoms with Crippen LogP contribution < -0.4 is 5.32 Å². The number of amidine groups is 1. The topological polar surface area (TPSA) is 53.9 Å². The smallest absolute Gasteiger partial charge is 0.310 e. The third-order valence-corrected chi connectivity index (χ3v) is 4.55. The van der Waals surface area contributed by atoms with Crippen molar-refractivity contribution < 1.29 is 9.53 Å². The number of aliphatic imine (C=N–C) groups is 1. The Kier molecular flexibility index (Phi) is 4.32. The highest BCUT2D eigenvalue weighted by atomic mass is 16.5. The molecule has 5 nitrogen and oxygen atoms in total. The predicted octanol–water partition coefficient (Wildman–Crippen LogP) is 2.13. The van der Waals surface area contributed by atoms with Gasteiger partial charge in [-0.2, -0.15) is 0 Å². The van der Waals surface area contributed by atoms with Crippen LogP contribution in [0.4, 0.5) is 5.69 Å². The second-order valence-corrected chi connectivity index (χ2v) is 6.02. The maximum atomic E-state index is 11.8. The normalized spacial score (nSPS) is 24.3. The molecule has 1 aliphatic heterocycles. The Hall–Kier alpha value is -2.04. The molecule has 118 valence electrons. The van der Waals surface area contributed by atoms with E-state index in [0.29, 0.717) is 0 Å². The molecule has 1 saturated carbocycles. The van der Waals surface area contributed by atoms with E-state index in [2.05, 4.69) is 34.4 Å². The van der Waals surface area contributed by atoms with Gasteiger partial charge in [0.1, 0.15) is 5.84 Å². The molecule has 0 radical (unpaired) electrons. The van der Waals surface area contributed by atoms with Crippen LogP contribution in [0.2, 0.25) is 0 Å². The lowest BCUT2D eigenvalue weighted by Gasteiger charge is -2.21. The monoisotopic (exact) mass is 301 g/mol. The summed E-state index contributed by atoms with van der Waals surface area (Å²) in [5.41, 5.74) is 2.17. The fourth-order valence-corrected chi connectivity index (χ4v) is 3.37. The number of esters is 1. The number of hydrogen-bond acceptors (Lipinski definition) is 5. The summed E-state index contributed by atoms with van der Waals surface area (Å²) in [7, 11) is 3.53. The highest BCUT2D eigenvalue weighted by Crippen LogP contribution is 2.30. The van der Waals surface area contributed by atoms with E-state index in [0.717, 1.165) is 49.4 Å². The summed E-state index contributed by atoms with van der Waals surface area (Å²) < 4.78 is 4.92. The van der Waals surface area contributed by atoms with Crippen LogP contribution in [0.1, 0.15) is 24.8 Å². The molecule has 22 heavy (non-hydrogen) atoms. The fraction of sp³-hybridized carbons (Fsp3) is 0.529. The molecule has 3 rings (SSSR count). The van der Waals surface area contributed by atoms with Gasteiger partial charge in [0, 0.05) is 30.9 Å². The number of carbonyl (C=O) groups excluding carboxylic acids is 1. The van der Waals surface area contributed by atoms with Crippen molar-refractivity contribution in [2.75, 3.05) is 32.6 Å². The van der Waals surface area contributed by atoms with Crippen LogP contribution in [0, 0.1) is 5.92 Å². The number of likely N-dealkylation sites (N-methyl/N-ethyl adjacent to an activating group) is 1. The molecule has 1 aliphatic carbocycles. The highest BCUT2D eigenvalue weighted by Gasteiger charge is 2.33. The molecule has 2 unspecified atom stereocenters. The minimum Gasteiger partial charge on any atom is -0.469 e. The summed E-state index contributed by atoms with van der Waals surface area (Å²) >= 11 is 0. The quantitative estimate of drug-likeness (QED) is 0.866. The van der Waals surface area contributed by atoms with Crippen LogP contribution in [0.15, 0.2) is 29.3 Å². The van der Waals surface area contributed by atoms with Crippen molar-refractivity contribution in [2.24, 2.45) is 10.9 Å². The van der Waals surface area contributed by atoms with Gasteiger partial charge in [0.25, 0.3) is 0 Å². The Labute approximate surface area is 131 Å². The average molecular weight is 301 g/mol. The van der Waals surface area contributed by atoms with Gasteiger partial charge < -0.3 is 15.0 Å². The molecule has 1 N–H and O–H groups in total. The van der Waals surface area contributed by atoms with E-state index in [-0.39, 0.29) is 17.9 Å². The number of rotatable bonds is 4. The van der Waals surface area contributed by atoms with Crippen molar-refractivity contribution in [1.29, 1.82) is 0 Å². The lowest BCUT2D eigenvalue weighted by Crippen LogP contribution is -2.31. The second kappa shape index (κ2) is 6.38. The molecular weight excluding hydrogens is 278 g/mol. The van der Waals surface area contributed by atoms with Gasteiger partial charge in [-0.25, -0.2) is 0 Å². The van der Waals surface area contributed by atoms with Crippen LogP contribution in [0.25, 0.3) is 0 Å². The Morgan fingerprint density at radius 1 is 1.41 bits per heavy atom. The highest BCUT2D eigenvalue weighted by molar-refractivity contribution is 6.00. The Morgan fingerprint density at radius 3 is 3.00 bits per heavy atom. The van der Waals surface area contributed by atoms with Gasteiger partial charge in [0.2, 0.25) is 0 Å². The molecule has 1 aromatic carbocycles. The van der Waals surface area contributed by atoms with Crippen molar-refractivity contribution >= 4 is 17.5 Å². The third kappa shape index (κ3) is 2.93. The molecule has 0 amide bonds.